The molecule has 0 aromatic heterocycles. The van der Waals surface area contributed by atoms with Crippen molar-refractivity contribution in [2.45, 2.75) is 12.8 Å². The van der Waals surface area contributed by atoms with Gasteiger partial charge in [-0.2, -0.15) is 0 Å². The number of amides is 1. The van der Waals surface area contributed by atoms with Crippen molar-refractivity contribution in [3.63, 3.8) is 0 Å². The normalized spacial score (nSPS) is 13.8. The summed E-state index contributed by atoms with van der Waals surface area (Å²) in [6.07, 6.45) is 2.09. The fourth-order valence-electron chi connectivity index (χ4n) is 2.79. The van der Waals surface area contributed by atoms with E-state index in [4.69, 9.17) is 39.5 Å². The molecule has 1 amide bonds. The summed E-state index contributed by atoms with van der Waals surface area (Å²) in [5.74, 6) is -0.766. The maximum atomic E-state index is 14.3. The number of ether oxygens (including phenoxy) is 1. The van der Waals surface area contributed by atoms with E-state index in [0.717, 1.165) is 25.9 Å². The lowest BCUT2D eigenvalue weighted by Gasteiger charge is -2.22. The van der Waals surface area contributed by atoms with E-state index < -0.39 is 11.7 Å². The highest BCUT2D eigenvalue weighted by Crippen LogP contribution is 2.34. The van der Waals surface area contributed by atoms with Gasteiger partial charge in [0, 0.05) is 19.2 Å². The summed E-state index contributed by atoms with van der Waals surface area (Å²) in [4.78, 5) is 14.3. The van der Waals surface area contributed by atoms with Gasteiger partial charge in [0.05, 0.1) is 20.8 Å². The van der Waals surface area contributed by atoms with Crippen LogP contribution < -0.4 is 15.0 Å². The van der Waals surface area contributed by atoms with E-state index in [1.165, 1.54) is 18.2 Å². The minimum Gasteiger partial charge on any atom is -0.482 e. The van der Waals surface area contributed by atoms with E-state index >= 15 is 0 Å². The Labute approximate surface area is 165 Å². The highest BCUT2D eigenvalue weighted by atomic mass is 35.5. The minimum atomic E-state index is -0.502. The summed E-state index contributed by atoms with van der Waals surface area (Å²) in [6.45, 7) is 1.33. The number of anilines is 2. The Morgan fingerprint density at radius 2 is 1.81 bits per heavy atom. The molecule has 26 heavy (non-hydrogen) atoms. The summed E-state index contributed by atoms with van der Waals surface area (Å²) in [6, 6.07) is 7.59. The van der Waals surface area contributed by atoms with Gasteiger partial charge in [0.2, 0.25) is 0 Å². The molecule has 1 N–H and O–H groups in total. The topological polar surface area (TPSA) is 41.6 Å². The molecule has 1 fully saturated rings. The van der Waals surface area contributed by atoms with E-state index in [1.807, 2.05) is 0 Å². The first-order valence-electron chi connectivity index (χ1n) is 8.06. The lowest BCUT2D eigenvalue weighted by Crippen LogP contribution is -2.24. The second kappa shape index (κ2) is 8.33. The van der Waals surface area contributed by atoms with Crippen molar-refractivity contribution in [3.05, 3.63) is 51.2 Å². The van der Waals surface area contributed by atoms with Crippen molar-refractivity contribution in [2.75, 3.05) is 29.9 Å². The Morgan fingerprint density at radius 3 is 2.54 bits per heavy atom. The average molecular weight is 418 g/mol. The molecule has 0 atom stereocenters. The molecule has 3 rings (SSSR count). The molecule has 0 radical (unpaired) electrons. The summed E-state index contributed by atoms with van der Waals surface area (Å²) in [5, 5.41) is 3.37. The van der Waals surface area contributed by atoms with E-state index in [9.17, 15) is 9.18 Å². The third-order valence-corrected chi connectivity index (χ3v) is 5.05. The van der Waals surface area contributed by atoms with Crippen LogP contribution in [0, 0.1) is 5.82 Å². The Hall–Kier alpha value is -1.69. The van der Waals surface area contributed by atoms with Crippen LogP contribution in [0.25, 0.3) is 0 Å². The number of rotatable bonds is 5. The predicted octanol–water partition coefficient (Wildman–Crippen LogP) is 5.40. The monoisotopic (exact) mass is 416 g/mol. The van der Waals surface area contributed by atoms with Crippen molar-refractivity contribution in [1.82, 2.24) is 0 Å². The molecular formula is C18H16Cl3FN2O2. The van der Waals surface area contributed by atoms with Gasteiger partial charge in [-0.25, -0.2) is 4.39 Å². The molecule has 1 aliphatic rings. The Morgan fingerprint density at radius 1 is 1.12 bits per heavy atom. The molecular weight excluding hydrogens is 402 g/mol. The van der Waals surface area contributed by atoms with Crippen molar-refractivity contribution in [3.8, 4) is 5.75 Å². The fourth-order valence-corrected chi connectivity index (χ4v) is 3.38. The number of nitrogens with one attached hydrogen (secondary N) is 1. The van der Waals surface area contributed by atoms with Crippen LogP contribution >= 0.6 is 34.8 Å². The fraction of sp³-hybridized carbons (Fsp3) is 0.278. The maximum Gasteiger partial charge on any atom is 0.262 e. The van der Waals surface area contributed by atoms with Crippen molar-refractivity contribution >= 4 is 52.1 Å². The molecule has 1 heterocycles. The number of benzene rings is 2. The number of hydrogen-bond donors (Lipinski definition) is 1. The van der Waals surface area contributed by atoms with Crippen LogP contribution in [0.2, 0.25) is 15.1 Å². The zero-order valence-corrected chi connectivity index (χ0v) is 16.0. The highest BCUT2D eigenvalue weighted by molar-refractivity contribution is 6.43. The van der Waals surface area contributed by atoms with Crippen LogP contribution in [0.5, 0.6) is 5.75 Å². The van der Waals surface area contributed by atoms with Crippen molar-refractivity contribution in [1.29, 1.82) is 0 Å². The molecule has 0 bridgehead atoms. The van der Waals surface area contributed by atoms with E-state index in [-0.39, 0.29) is 33.1 Å². The number of para-hydroxylation sites is 1. The Balaban J connectivity index is 1.70. The van der Waals surface area contributed by atoms with Crippen molar-refractivity contribution < 1.29 is 13.9 Å². The van der Waals surface area contributed by atoms with Gasteiger partial charge in [-0.15, -0.1) is 0 Å². The van der Waals surface area contributed by atoms with Gasteiger partial charge in [-0.3, -0.25) is 4.79 Å². The molecule has 2 aromatic carbocycles. The summed E-state index contributed by atoms with van der Waals surface area (Å²) in [7, 11) is 0. The van der Waals surface area contributed by atoms with E-state index in [2.05, 4.69) is 10.2 Å². The lowest BCUT2D eigenvalue weighted by atomic mass is 10.2. The second-order valence-electron chi connectivity index (χ2n) is 5.86. The molecule has 0 spiro atoms. The first-order chi connectivity index (χ1) is 12.5. The van der Waals surface area contributed by atoms with Crippen LogP contribution in [0.15, 0.2) is 30.3 Å². The molecule has 0 aliphatic carbocycles. The Bertz CT molecular complexity index is 826. The zero-order valence-electron chi connectivity index (χ0n) is 13.7. The van der Waals surface area contributed by atoms with Crippen LogP contribution in [0.1, 0.15) is 12.8 Å². The summed E-state index contributed by atoms with van der Waals surface area (Å²) < 4.78 is 19.6. The molecule has 8 heteroatoms. The number of hydrogen-bond acceptors (Lipinski definition) is 3. The molecule has 1 aliphatic heterocycles. The van der Waals surface area contributed by atoms with Crippen LogP contribution in [-0.2, 0) is 4.79 Å². The number of halogens is 4. The molecule has 4 nitrogen and oxygen atoms in total. The van der Waals surface area contributed by atoms with Gasteiger partial charge in [0.1, 0.15) is 17.3 Å². The third-order valence-electron chi connectivity index (χ3n) is 4.04. The van der Waals surface area contributed by atoms with Gasteiger partial charge < -0.3 is 15.0 Å². The van der Waals surface area contributed by atoms with Crippen LogP contribution in [0.3, 0.4) is 0 Å². The lowest BCUT2D eigenvalue weighted by molar-refractivity contribution is -0.118. The standard InChI is InChI=1S/C18H16Cl3FN2O2/c19-11-8-13(21)16(9-12(11)20)26-10-17(25)23-18-14(22)4-3-5-15(18)24-6-1-2-7-24/h3-5,8-9H,1-2,6-7,10H2,(H,23,25). The molecule has 0 saturated carbocycles. The smallest absolute Gasteiger partial charge is 0.262 e. The summed E-state index contributed by atoms with van der Waals surface area (Å²) >= 11 is 17.8. The summed E-state index contributed by atoms with van der Waals surface area (Å²) in [5.41, 5.74) is 0.826. The molecule has 0 unspecified atom stereocenters. The third kappa shape index (κ3) is 4.34. The van der Waals surface area contributed by atoms with Crippen LogP contribution in [0.4, 0.5) is 15.8 Å². The van der Waals surface area contributed by atoms with Gasteiger partial charge in [-0.1, -0.05) is 40.9 Å². The second-order valence-corrected chi connectivity index (χ2v) is 7.08. The largest absolute Gasteiger partial charge is 0.482 e. The van der Waals surface area contributed by atoms with E-state index in [0.29, 0.717) is 5.69 Å². The number of carbonyl (C=O) groups is 1. The van der Waals surface area contributed by atoms with Gasteiger partial charge >= 0.3 is 0 Å². The number of nitrogens with zero attached hydrogens (tertiary/aromatic N) is 1. The number of carbonyl (C=O) groups excluding carboxylic acids is 1. The van der Waals surface area contributed by atoms with Gasteiger partial charge in [0.25, 0.3) is 5.91 Å². The van der Waals surface area contributed by atoms with Crippen molar-refractivity contribution in [2.24, 2.45) is 0 Å². The van der Waals surface area contributed by atoms with Crippen LogP contribution in [-0.4, -0.2) is 25.6 Å². The predicted molar refractivity (Wildman–Crippen MR) is 103 cm³/mol. The molecule has 1 saturated heterocycles. The quantitative estimate of drug-likeness (QED) is 0.662. The van der Waals surface area contributed by atoms with Gasteiger partial charge in [-0.05, 0) is 31.0 Å². The van der Waals surface area contributed by atoms with Gasteiger partial charge in [0.15, 0.2) is 6.61 Å². The maximum absolute atomic E-state index is 14.3. The first kappa shape index (κ1) is 19.1. The SMILES string of the molecule is O=C(COc1cc(Cl)c(Cl)cc1Cl)Nc1c(F)cccc1N1CCCC1. The molecule has 2 aromatic rings. The molecule has 138 valence electrons. The average Bonchev–Trinajstić information content (AvgIpc) is 3.13. The Kier molecular flexibility index (Phi) is 6.12. The zero-order chi connectivity index (χ0) is 18.7. The highest BCUT2D eigenvalue weighted by Gasteiger charge is 2.20. The van der Waals surface area contributed by atoms with E-state index in [1.54, 1.807) is 12.1 Å². The first-order valence-corrected chi connectivity index (χ1v) is 9.20. The minimum absolute atomic E-state index is 0.156.